The fourth-order valence-corrected chi connectivity index (χ4v) is 3.59. The SMILES string of the molecule is N[C@H]1CC[C@H](CNc2cccc(C3CCOCC3)c2)CC1. The van der Waals surface area contributed by atoms with E-state index >= 15 is 0 Å². The van der Waals surface area contributed by atoms with Crippen LogP contribution in [0.1, 0.15) is 50.0 Å². The Morgan fingerprint density at radius 1 is 1.05 bits per heavy atom. The van der Waals surface area contributed by atoms with Gasteiger partial charge in [0.1, 0.15) is 0 Å². The highest BCUT2D eigenvalue weighted by Gasteiger charge is 2.19. The molecule has 2 fully saturated rings. The molecule has 2 aliphatic rings. The third kappa shape index (κ3) is 4.21. The summed E-state index contributed by atoms with van der Waals surface area (Å²) in [5.41, 5.74) is 8.71. The van der Waals surface area contributed by atoms with Gasteiger partial charge in [0.25, 0.3) is 0 Å². The summed E-state index contributed by atoms with van der Waals surface area (Å²) in [6, 6.07) is 9.42. The molecule has 3 nitrogen and oxygen atoms in total. The van der Waals surface area contributed by atoms with E-state index in [1.807, 2.05) is 0 Å². The third-order valence-electron chi connectivity index (χ3n) is 5.07. The van der Waals surface area contributed by atoms with Crippen LogP contribution < -0.4 is 11.1 Å². The van der Waals surface area contributed by atoms with Gasteiger partial charge in [0.2, 0.25) is 0 Å². The first-order valence-corrected chi connectivity index (χ1v) is 8.48. The molecule has 3 heteroatoms. The fraction of sp³-hybridized carbons (Fsp3) is 0.667. The minimum absolute atomic E-state index is 0.443. The van der Waals surface area contributed by atoms with Crippen molar-refractivity contribution in [1.82, 2.24) is 0 Å². The summed E-state index contributed by atoms with van der Waals surface area (Å²) in [6.45, 7) is 2.90. The first-order valence-electron chi connectivity index (χ1n) is 8.48. The molecule has 0 bridgehead atoms. The smallest absolute Gasteiger partial charge is 0.0471 e. The summed E-state index contributed by atoms with van der Waals surface area (Å²) in [5, 5.41) is 3.64. The van der Waals surface area contributed by atoms with Crippen molar-refractivity contribution in [1.29, 1.82) is 0 Å². The van der Waals surface area contributed by atoms with Gasteiger partial charge in [-0.15, -0.1) is 0 Å². The van der Waals surface area contributed by atoms with E-state index in [-0.39, 0.29) is 0 Å². The minimum atomic E-state index is 0.443. The zero-order valence-electron chi connectivity index (χ0n) is 12.9. The molecule has 0 unspecified atom stereocenters. The fourth-order valence-electron chi connectivity index (χ4n) is 3.59. The maximum Gasteiger partial charge on any atom is 0.0471 e. The number of rotatable bonds is 4. The molecule has 1 aromatic rings. The number of anilines is 1. The van der Waals surface area contributed by atoms with Crippen LogP contribution in [-0.4, -0.2) is 25.8 Å². The highest BCUT2D eigenvalue weighted by molar-refractivity contribution is 5.46. The Balaban J connectivity index is 1.53. The topological polar surface area (TPSA) is 47.3 Å². The molecule has 116 valence electrons. The third-order valence-corrected chi connectivity index (χ3v) is 5.07. The summed E-state index contributed by atoms with van der Waals surface area (Å²) in [6.07, 6.45) is 7.23. The molecule has 1 saturated carbocycles. The Bertz CT molecular complexity index is 435. The second-order valence-electron chi connectivity index (χ2n) is 6.67. The van der Waals surface area contributed by atoms with Crippen LogP contribution in [0.15, 0.2) is 24.3 Å². The quantitative estimate of drug-likeness (QED) is 0.891. The zero-order chi connectivity index (χ0) is 14.5. The Morgan fingerprint density at radius 2 is 1.81 bits per heavy atom. The number of nitrogens with one attached hydrogen (secondary N) is 1. The highest BCUT2D eigenvalue weighted by Crippen LogP contribution is 2.29. The Labute approximate surface area is 128 Å². The van der Waals surface area contributed by atoms with E-state index in [0.29, 0.717) is 12.0 Å². The summed E-state index contributed by atoms with van der Waals surface area (Å²) in [7, 11) is 0. The molecule has 3 N–H and O–H groups in total. The Morgan fingerprint density at radius 3 is 2.57 bits per heavy atom. The van der Waals surface area contributed by atoms with E-state index in [1.165, 1.54) is 36.9 Å². The van der Waals surface area contributed by atoms with Gasteiger partial charge in [0.15, 0.2) is 0 Å². The maximum absolute atomic E-state index is 5.98. The minimum Gasteiger partial charge on any atom is -0.385 e. The second kappa shape index (κ2) is 7.28. The molecule has 1 aliphatic carbocycles. The molecule has 0 aromatic heterocycles. The van der Waals surface area contributed by atoms with Crippen LogP contribution in [0.5, 0.6) is 0 Å². The summed E-state index contributed by atoms with van der Waals surface area (Å²) < 4.78 is 5.46. The van der Waals surface area contributed by atoms with Gasteiger partial charge in [0, 0.05) is 31.5 Å². The van der Waals surface area contributed by atoms with Crippen molar-refractivity contribution in [2.45, 2.75) is 50.5 Å². The van der Waals surface area contributed by atoms with Crippen molar-refractivity contribution < 1.29 is 4.74 Å². The van der Waals surface area contributed by atoms with Gasteiger partial charge in [-0.25, -0.2) is 0 Å². The monoisotopic (exact) mass is 288 g/mol. The van der Waals surface area contributed by atoms with Gasteiger partial charge >= 0.3 is 0 Å². The van der Waals surface area contributed by atoms with Crippen LogP contribution in [0.4, 0.5) is 5.69 Å². The lowest BCUT2D eigenvalue weighted by Gasteiger charge is -2.27. The lowest BCUT2D eigenvalue weighted by molar-refractivity contribution is 0.0853. The molecule has 3 rings (SSSR count). The van der Waals surface area contributed by atoms with E-state index in [0.717, 1.165) is 38.5 Å². The molecule has 1 heterocycles. The Hall–Kier alpha value is -1.06. The van der Waals surface area contributed by atoms with E-state index < -0.39 is 0 Å². The molecule has 1 saturated heterocycles. The van der Waals surface area contributed by atoms with Crippen LogP contribution in [-0.2, 0) is 4.74 Å². The van der Waals surface area contributed by atoms with Crippen molar-refractivity contribution in [3.63, 3.8) is 0 Å². The van der Waals surface area contributed by atoms with Crippen molar-refractivity contribution in [2.75, 3.05) is 25.1 Å². The Kier molecular flexibility index (Phi) is 5.15. The van der Waals surface area contributed by atoms with Crippen LogP contribution >= 0.6 is 0 Å². The van der Waals surface area contributed by atoms with Gasteiger partial charge in [-0.05, 0) is 68.1 Å². The van der Waals surface area contributed by atoms with Gasteiger partial charge in [-0.3, -0.25) is 0 Å². The van der Waals surface area contributed by atoms with Crippen molar-refractivity contribution in [3.8, 4) is 0 Å². The number of nitrogens with two attached hydrogens (primary N) is 1. The van der Waals surface area contributed by atoms with E-state index in [2.05, 4.69) is 29.6 Å². The first kappa shape index (κ1) is 14.9. The number of benzene rings is 1. The summed E-state index contributed by atoms with van der Waals surface area (Å²) >= 11 is 0. The lowest BCUT2D eigenvalue weighted by atomic mass is 9.86. The van der Waals surface area contributed by atoms with E-state index in [1.54, 1.807) is 0 Å². The van der Waals surface area contributed by atoms with Crippen LogP contribution in [0.25, 0.3) is 0 Å². The van der Waals surface area contributed by atoms with Gasteiger partial charge in [-0.2, -0.15) is 0 Å². The first-order chi connectivity index (χ1) is 10.3. The molecule has 0 radical (unpaired) electrons. The van der Waals surface area contributed by atoms with Crippen molar-refractivity contribution >= 4 is 5.69 Å². The van der Waals surface area contributed by atoms with E-state index in [9.17, 15) is 0 Å². The van der Waals surface area contributed by atoms with Crippen LogP contribution in [0, 0.1) is 5.92 Å². The van der Waals surface area contributed by atoms with Crippen molar-refractivity contribution in [3.05, 3.63) is 29.8 Å². The molecule has 0 spiro atoms. The number of ether oxygens (including phenoxy) is 1. The summed E-state index contributed by atoms with van der Waals surface area (Å²) in [4.78, 5) is 0. The van der Waals surface area contributed by atoms with Crippen LogP contribution in [0.2, 0.25) is 0 Å². The normalized spacial score (nSPS) is 27.5. The average Bonchev–Trinajstić information content (AvgIpc) is 2.55. The van der Waals surface area contributed by atoms with Crippen LogP contribution in [0.3, 0.4) is 0 Å². The largest absolute Gasteiger partial charge is 0.385 e. The van der Waals surface area contributed by atoms with Gasteiger partial charge in [0.05, 0.1) is 0 Å². The molecule has 0 amide bonds. The lowest BCUT2D eigenvalue weighted by Crippen LogP contribution is -2.29. The van der Waals surface area contributed by atoms with E-state index in [4.69, 9.17) is 10.5 Å². The molecular formula is C18H28N2O. The summed E-state index contributed by atoms with van der Waals surface area (Å²) in [5.74, 6) is 1.46. The maximum atomic E-state index is 5.98. The standard InChI is InChI=1S/C18H28N2O/c19-17-6-4-14(5-7-17)13-20-18-3-1-2-16(12-18)15-8-10-21-11-9-15/h1-3,12,14-15,17,20H,4-11,13,19H2/t14-,17-. The van der Waals surface area contributed by atoms with Gasteiger partial charge < -0.3 is 15.8 Å². The predicted molar refractivity (Wildman–Crippen MR) is 87.7 cm³/mol. The molecule has 0 atom stereocenters. The average molecular weight is 288 g/mol. The predicted octanol–water partition coefficient (Wildman–Crippen LogP) is 3.51. The molecular weight excluding hydrogens is 260 g/mol. The van der Waals surface area contributed by atoms with Crippen molar-refractivity contribution in [2.24, 2.45) is 11.7 Å². The molecule has 21 heavy (non-hydrogen) atoms. The molecule has 1 aliphatic heterocycles. The zero-order valence-corrected chi connectivity index (χ0v) is 12.9. The van der Waals surface area contributed by atoms with Gasteiger partial charge in [-0.1, -0.05) is 12.1 Å². The number of hydrogen-bond acceptors (Lipinski definition) is 3. The highest BCUT2D eigenvalue weighted by atomic mass is 16.5. The number of hydrogen-bond donors (Lipinski definition) is 2. The molecule has 1 aromatic carbocycles. The second-order valence-corrected chi connectivity index (χ2v) is 6.67.